The Bertz CT molecular complexity index is 928. The maximum atomic E-state index is 12.3. The molecule has 0 aliphatic carbocycles. The highest BCUT2D eigenvalue weighted by atomic mass is 35.5. The van der Waals surface area contributed by atoms with Crippen LogP contribution < -0.4 is 15.4 Å². The smallest absolute Gasteiger partial charge is 0.276 e. The summed E-state index contributed by atoms with van der Waals surface area (Å²) in [4.78, 5) is 12.3. The van der Waals surface area contributed by atoms with Gasteiger partial charge in [0.25, 0.3) is 5.91 Å². The number of aromatic nitrogens is 2. The van der Waals surface area contributed by atoms with Gasteiger partial charge in [-0.15, -0.1) is 10.2 Å². The molecule has 3 rings (SSSR count). The number of anilines is 2. The molecule has 0 aliphatic rings. The van der Waals surface area contributed by atoms with Crippen LogP contribution in [0.2, 0.25) is 5.02 Å². The molecule has 0 saturated carbocycles. The number of nitrogens with one attached hydrogen (secondary N) is 2. The number of hydrogen-bond acceptors (Lipinski definition) is 5. The number of methoxy groups -OCH3 is 1. The van der Waals surface area contributed by atoms with Crippen LogP contribution in [0.4, 0.5) is 11.5 Å². The van der Waals surface area contributed by atoms with Crippen molar-refractivity contribution >= 4 is 29.0 Å². The zero-order valence-corrected chi connectivity index (χ0v) is 15.7. The van der Waals surface area contributed by atoms with Gasteiger partial charge in [0.15, 0.2) is 5.69 Å². The number of aryl methyl sites for hydroxylation is 1. The third kappa shape index (κ3) is 4.95. The SMILES string of the molecule is COc1ccc(NC(=O)c2ccc(NCc3ccc(C)cc3)nn2)cc1Cl. The van der Waals surface area contributed by atoms with Gasteiger partial charge < -0.3 is 15.4 Å². The molecule has 0 bridgehead atoms. The lowest BCUT2D eigenvalue weighted by molar-refractivity contribution is 0.102. The molecule has 0 fully saturated rings. The Balaban J connectivity index is 1.59. The number of carbonyl (C=O) groups excluding carboxylic acids is 1. The van der Waals surface area contributed by atoms with E-state index >= 15 is 0 Å². The number of halogens is 1. The predicted octanol–water partition coefficient (Wildman–Crippen LogP) is 4.31. The van der Waals surface area contributed by atoms with Gasteiger partial charge in [-0.25, -0.2) is 0 Å². The van der Waals surface area contributed by atoms with E-state index in [1.54, 1.807) is 30.3 Å². The number of nitrogens with zero attached hydrogens (tertiary/aromatic N) is 2. The number of benzene rings is 2. The van der Waals surface area contributed by atoms with Gasteiger partial charge in [0.05, 0.1) is 12.1 Å². The van der Waals surface area contributed by atoms with E-state index in [1.807, 2.05) is 6.92 Å². The van der Waals surface area contributed by atoms with Crippen molar-refractivity contribution in [2.24, 2.45) is 0 Å². The molecule has 138 valence electrons. The molecule has 0 spiro atoms. The van der Waals surface area contributed by atoms with Crippen LogP contribution >= 0.6 is 11.6 Å². The first-order valence-corrected chi connectivity index (χ1v) is 8.71. The summed E-state index contributed by atoms with van der Waals surface area (Å²) >= 11 is 6.06. The van der Waals surface area contributed by atoms with Crippen molar-refractivity contribution in [1.29, 1.82) is 0 Å². The van der Waals surface area contributed by atoms with Crippen molar-refractivity contribution in [3.8, 4) is 5.75 Å². The van der Waals surface area contributed by atoms with E-state index in [0.29, 0.717) is 28.8 Å². The zero-order chi connectivity index (χ0) is 19.2. The number of hydrogen-bond donors (Lipinski definition) is 2. The average molecular weight is 383 g/mol. The van der Waals surface area contributed by atoms with Crippen molar-refractivity contribution < 1.29 is 9.53 Å². The normalized spacial score (nSPS) is 10.3. The monoisotopic (exact) mass is 382 g/mol. The van der Waals surface area contributed by atoms with E-state index in [0.717, 1.165) is 5.56 Å². The van der Waals surface area contributed by atoms with E-state index in [1.165, 1.54) is 12.7 Å². The molecule has 0 aliphatic heterocycles. The standard InChI is InChI=1S/C20H19ClN4O2/c1-13-3-5-14(6-4-13)12-22-19-10-8-17(24-25-19)20(26)23-15-7-9-18(27-2)16(21)11-15/h3-11H,12H2,1-2H3,(H,22,25)(H,23,26). The summed E-state index contributed by atoms with van der Waals surface area (Å²) in [5, 5.41) is 14.4. The second-order valence-corrected chi connectivity index (χ2v) is 6.35. The predicted molar refractivity (Wildman–Crippen MR) is 106 cm³/mol. The van der Waals surface area contributed by atoms with Crippen LogP contribution in [-0.4, -0.2) is 23.2 Å². The van der Waals surface area contributed by atoms with Gasteiger partial charge in [0.2, 0.25) is 0 Å². The molecule has 27 heavy (non-hydrogen) atoms. The number of ether oxygens (including phenoxy) is 1. The summed E-state index contributed by atoms with van der Waals surface area (Å²) in [7, 11) is 1.53. The van der Waals surface area contributed by atoms with Crippen LogP contribution in [0.1, 0.15) is 21.6 Å². The van der Waals surface area contributed by atoms with E-state index in [4.69, 9.17) is 16.3 Å². The van der Waals surface area contributed by atoms with Crippen molar-refractivity contribution in [3.05, 3.63) is 76.4 Å². The van der Waals surface area contributed by atoms with E-state index in [2.05, 4.69) is 45.1 Å². The molecule has 2 aromatic carbocycles. The molecule has 7 heteroatoms. The van der Waals surface area contributed by atoms with Gasteiger partial charge in [-0.05, 0) is 42.8 Å². The fraction of sp³-hybridized carbons (Fsp3) is 0.150. The minimum atomic E-state index is -0.367. The molecule has 0 atom stereocenters. The van der Waals surface area contributed by atoms with Crippen molar-refractivity contribution in [2.45, 2.75) is 13.5 Å². The van der Waals surface area contributed by atoms with Crippen LogP contribution in [0.25, 0.3) is 0 Å². The van der Waals surface area contributed by atoms with E-state index in [9.17, 15) is 4.79 Å². The van der Waals surface area contributed by atoms with Crippen LogP contribution in [0.5, 0.6) is 5.75 Å². The van der Waals surface area contributed by atoms with Crippen LogP contribution in [0, 0.1) is 6.92 Å². The lowest BCUT2D eigenvalue weighted by Crippen LogP contribution is -2.15. The summed E-state index contributed by atoms with van der Waals surface area (Å²) in [5.74, 6) is 0.770. The van der Waals surface area contributed by atoms with Gasteiger partial charge in [-0.2, -0.15) is 0 Å². The van der Waals surface area contributed by atoms with Gasteiger partial charge in [-0.1, -0.05) is 41.4 Å². The Hall–Kier alpha value is -3.12. The summed E-state index contributed by atoms with van der Waals surface area (Å²) in [6.45, 7) is 2.68. The lowest BCUT2D eigenvalue weighted by atomic mass is 10.1. The number of carbonyl (C=O) groups is 1. The Kier molecular flexibility index (Phi) is 5.88. The Labute approximate surface area is 162 Å². The molecule has 1 heterocycles. The molecule has 3 aromatic rings. The minimum absolute atomic E-state index is 0.211. The maximum absolute atomic E-state index is 12.3. The molecule has 0 unspecified atom stereocenters. The first-order valence-electron chi connectivity index (χ1n) is 8.33. The average Bonchev–Trinajstić information content (AvgIpc) is 2.68. The molecule has 0 saturated heterocycles. The van der Waals surface area contributed by atoms with E-state index in [-0.39, 0.29) is 11.6 Å². The first-order chi connectivity index (χ1) is 13.0. The molecule has 1 amide bonds. The largest absolute Gasteiger partial charge is 0.495 e. The summed E-state index contributed by atoms with van der Waals surface area (Å²) in [5.41, 5.74) is 3.12. The topological polar surface area (TPSA) is 76.1 Å². The molecular formula is C20H19ClN4O2. The van der Waals surface area contributed by atoms with Crippen molar-refractivity contribution in [3.63, 3.8) is 0 Å². The third-order valence-electron chi connectivity index (χ3n) is 3.90. The zero-order valence-electron chi connectivity index (χ0n) is 15.0. The number of rotatable bonds is 6. The second-order valence-electron chi connectivity index (χ2n) is 5.95. The maximum Gasteiger partial charge on any atom is 0.276 e. The Morgan fingerprint density at radius 2 is 1.85 bits per heavy atom. The number of amides is 1. The molecule has 6 nitrogen and oxygen atoms in total. The van der Waals surface area contributed by atoms with Crippen molar-refractivity contribution in [2.75, 3.05) is 17.7 Å². The van der Waals surface area contributed by atoms with Gasteiger partial charge in [0.1, 0.15) is 11.6 Å². The fourth-order valence-corrected chi connectivity index (χ4v) is 2.64. The van der Waals surface area contributed by atoms with Crippen molar-refractivity contribution in [1.82, 2.24) is 10.2 Å². The molecule has 0 radical (unpaired) electrons. The quantitative estimate of drug-likeness (QED) is 0.664. The first kappa shape index (κ1) is 18.7. The second kappa shape index (κ2) is 8.51. The summed E-state index contributed by atoms with van der Waals surface area (Å²) in [6.07, 6.45) is 0. The van der Waals surface area contributed by atoms with Gasteiger partial charge >= 0.3 is 0 Å². The van der Waals surface area contributed by atoms with Crippen LogP contribution in [-0.2, 0) is 6.54 Å². The summed E-state index contributed by atoms with van der Waals surface area (Å²) in [6, 6.07) is 16.6. The molecular weight excluding hydrogens is 364 g/mol. The highest BCUT2D eigenvalue weighted by Crippen LogP contribution is 2.27. The van der Waals surface area contributed by atoms with Crippen LogP contribution in [0.3, 0.4) is 0 Å². The van der Waals surface area contributed by atoms with Gasteiger partial charge in [-0.3, -0.25) is 4.79 Å². The fourth-order valence-electron chi connectivity index (χ4n) is 2.39. The highest BCUT2D eigenvalue weighted by molar-refractivity contribution is 6.32. The highest BCUT2D eigenvalue weighted by Gasteiger charge is 2.10. The third-order valence-corrected chi connectivity index (χ3v) is 4.20. The molecule has 1 aromatic heterocycles. The van der Waals surface area contributed by atoms with E-state index < -0.39 is 0 Å². The van der Waals surface area contributed by atoms with Gasteiger partial charge in [0, 0.05) is 12.2 Å². The Morgan fingerprint density at radius 1 is 1.07 bits per heavy atom. The van der Waals surface area contributed by atoms with Crippen LogP contribution in [0.15, 0.2) is 54.6 Å². The lowest BCUT2D eigenvalue weighted by Gasteiger charge is -2.08. The Morgan fingerprint density at radius 3 is 2.48 bits per heavy atom. The molecule has 2 N–H and O–H groups in total. The summed E-state index contributed by atoms with van der Waals surface area (Å²) < 4.78 is 5.09. The minimum Gasteiger partial charge on any atom is -0.495 e.